The molecule has 0 saturated carbocycles. The van der Waals surface area contributed by atoms with E-state index in [4.69, 9.17) is 0 Å². The lowest BCUT2D eigenvalue weighted by Crippen LogP contribution is -2.25. The third kappa shape index (κ3) is 3.64. The van der Waals surface area contributed by atoms with Crippen molar-refractivity contribution in [3.63, 3.8) is 0 Å². The molecular formula is C12H20N8. The topological polar surface area (TPSA) is 83.8 Å². The van der Waals surface area contributed by atoms with E-state index in [1.807, 2.05) is 6.07 Å². The second-order valence-electron chi connectivity index (χ2n) is 4.31. The first-order valence-electron chi connectivity index (χ1n) is 6.59. The molecule has 108 valence electrons. The molecule has 2 aromatic rings. The summed E-state index contributed by atoms with van der Waals surface area (Å²) in [7, 11) is 3.85. The van der Waals surface area contributed by atoms with Gasteiger partial charge < -0.3 is 15.5 Å². The fourth-order valence-corrected chi connectivity index (χ4v) is 1.56. The van der Waals surface area contributed by atoms with Crippen LogP contribution in [0.15, 0.2) is 18.5 Å². The van der Waals surface area contributed by atoms with Gasteiger partial charge in [-0.05, 0) is 19.7 Å². The molecule has 0 bridgehead atoms. The van der Waals surface area contributed by atoms with Gasteiger partial charge in [0, 0.05) is 32.5 Å². The van der Waals surface area contributed by atoms with Crippen LogP contribution in [-0.4, -0.2) is 63.4 Å². The minimum Gasteiger partial charge on any atom is -0.357 e. The predicted octanol–water partition coefficient (Wildman–Crippen LogP) is 0.463. The molecular weight excluding hydrogens is 256 g/mol. The van der Waals surface area contributed by atoms with E-state index in [0.29, 0.717) is 17.8 Å². The quantitative estimate of drug-likeness (QED) is 0.760. The average Bonchev–Trinajstić information content (AvgIpc) is 3.01. The zero-order chi connectivity index (χ0) is 14.4. The van der Waals surface area contributed by atoms with Gasteiger partial charge in [-0.3, -0.25) is 0 Å². The third-order valence-electron chi connectivity index (χ3n) is 2.87. The molecule has 20 heavy (non-hydrogen) atoms. The van der Waals surface area contributed by atoms with Crippen LogP contribution < -0.4 is 10.6 Å². The minimum absolute atomic E-state index is 0.487. The van der Waals surface area contributed by atoms with Gasteiger partial charge in [0.05, 0.1) is 0 Å². The average molecular weight is 276 g/mol. The number of aromatic nitrogens is 5. The Hall–Kier alpha value is -2.22. The Morgan fingerprint density at radius 2 is 2.05 bits per heavy atom. The third-order valence-corrected chi connectivity index (χ3v) is 2.87. The Kier molecular flexibility index (Phi) is 4.83. The Balaban J connectivity index is 2.10. The molecule has 0 unspecified atom stereocenters. The fourth-order valence-electron chi connectivity index (χ4n) is 1.56. The molecule has 0 aliphatic carbocycles. The van der Waals surface area contributed by atoms with E-state index in [1.165, 1.54) is 0 Å². The summed E-state index contributed by atoms with van der Waals surface area (Å²) in [6.45, 7) is 4.83. The number of likely N-dealkylation sites (N-methyl/N-ethyl adjacent to an activating group) is 1. The van der Waals surface area contributed by atoms with Crippen LogP contribution in [0.2, 0.25) is 0 Å². The molecule has 0 saturated heterocycles. The van der Waals surface area contributed by atoms with Gasteiger partial charge in [0.1, 0.15) is 0 Å². The molecule has 2 rings (SSSR count). The van der Waals surface area contributed by atoms with E-state index >= 15 is 0 Å². The van der Waals surface area contributed by atoms with Crippen LogP contribution in [-0.2, 0) is 0 Å². The maximum absolute atomic E-state index is 4.36. The largest absolute Gasteiger partial charge is 0.357 e. The standard InChI is InChI=1S/C12H20N8/c1-4-19(3)9-7-14-11-16-10(13-2)17-12(18-11)20-8-5-6-15-20/h5-6,8H,4,7,9H2,1-3H3,(H2,13,14,16,17,18). The maximum atomic E-state index is 4.36. The summed E-state index contributed by atoms with van der Waals surface area (Å²) in [5, 5.41) is 10.3. The summed E-state index contributed by atoms with van der Waals surface area (Å²) < 4.78 is 1.60. The van der Waals surface area contributed by atoms with Gasteiger partial charge in [-0.2, -0.15) is 20.1 Å². The molecule has 0 amide bonds. The molecule has 2 heterocycles. The lowest BCUT2D eigenvalue weighted by Gasteiger charge is -2.14. The van der Waals surface area contributed by atoms with E-state index in [-0.39, 0.29) is 0 Å². The summed E-state index contributed by atoms with van der Waals surface area (Å²) in [5.41, 5.74) is 0. The maximum Gasteiger partial charge on any atom is 0.257 e. The summed E-state index contributed by atoms with van der Waals surface area (Å²) in [6, 6.07) is 1.83. The Labute approximate surface area is 118 Å². The first-order chi connectivity index (χ1) is 9.72. The van der Waals surface area contributed by atoms with Crippen molar-refractivity contribution in [3.8, 4) is 5.95 Å². The first-order valence-corrected chi connectivity index (χ1v) is 6.59. The molecule has 8 heteroatoms. The van der Waals surface area contributed by atoms with Crippen LogP contribution in [0.1, 0.15) is 6.92 Å². The number of rotatable bonds is 7. The highest BCUT2D eigenvalue weighted by Crippen LogP contribution is 2.07. The van der Waals surface area contributed by atoms with Gasteiger partial charge in [0.25, 0.3) is 5.95 Å². The highest BCUT2D eigenvalue weighted by Gasteiger charge is 2.07. The van der Waals surface area contributed by atoms with Gasteiger partial charge in [-0.15, -0.1) is 0 Å². The summed E-state index contributed by atoms with van der Waals surface area (Å²) in [6.07, 6.45) is 3.48. The number of hydrogen-bond donors (Lipinski definition) is 2. The van der Waals surface area contributed by atoms with Gasteiger partial charge >= 0.3 is 0 Å². The minimum atomic E-state index is 0.487. The smallest absolute Gasteiger partial charge is 0.257 e. The Bertz CT molecular complexity index is 524. The number of nitrogens with one attached hydrogen (secondary N) is 2. The van der Waals surface area contributed by atoms with Crippen molar-refractivity contribution in [2.24, 2.45) is 0 Å². The predicted molar refractivity (Wildman–Crippen MR) is 78.2 cm³/mol. The van der Waals surface area contributed by atoms with E-state index in [9.17, 15) is 0 Å². The van der Waals surface area contributed by atoms with Gasteiger partial charge in [0.2, 0.25) is 11.9 Å². The van der Waals surface area contributed by atoms with Crippen LogP contribution in [0.5, 0.6) is 0 Å². The highest BCUT2D eigenvalue weighted by atomic mass is 15.4. The Morgan fingerprint density at radius 1 is 1.25 bits per heavy atom. The second-order valence-corrected chi connectivity index (χ2v) is 4.31. The van der Waals surface area contributed by atoms with E-state index in [1.54, 1.807) is 24.1 Å². The fraction of sp³-hybridized carbons (Fsp3) is 0.500. The zero-order valence-corrected chi connectivity index (χ0v) is 12.0. The van der Waals surface area contributed by atoms with Crippen LogP contribution in [0.3, 0.4) is 0 Å². The highest BCUT2D eigenvalue weighted by molar-refractivity contribution is 5.37. The van der Waals surface area contributed by atoms with Gasteiger partial charge in [-0.1, -0.05) is 6.92 Å². The van der Waals surface area contributed by atoms with Crippen molar-refractivity contribution in [1.29, 1.82) is 0 Å². The van der Waals surface area contributed by atoms with Crippen molar-refractivity contribution in [2.45, 2.75) is 6.92 Å². The molecule has 8 nitrogen and oxygen atoms in total. The lowest BCUT2D eigenvalue weighted by atomic mass is 10.5. The number of hydrogen-bond acceptors (Lipinski definition) is 7. The van der Waals surface area contributed by atoms with Crippen molar-refractivity contribution in [1.82, 2.24) is 29.6 Å². The van der Waals surface area contributed by atoms with Crippen LogP contribution >= 0.6 is 0 Å². The lowest BCUT2D eigenvalue weighted by molar-refractivity contribution is 0.367. The summed E-state index contributed by atoms with van der Waals surface area (Å²) in [5.74, 6) is 1.54. The SMILES string of the molecule is CCN(C)CCNc1nc(NC)nc(-n2cccn2)n1. The normalized spacial score (nSPS) is 10.8. The van der Waals surface area contributed by atoms with E-state index in [0.717, 1.165) is 19.6 Å². The summed E-state index contributed by atoms with van der Waals surface area (Å²) in [4.78, 5) is 15.1. The van der Waals surface area contributed by atoms with Crippen molar-refractivity contribution < 1.29 is 0 Å². The summed E-state index contributed by atoms with van der Waals surface area (Å²) >= 11 is 0. The van der Waals surface area contributed by atoms with Gasteiger partial charge in [0.15, 0.2) is 0 Å². The molecule has 0 aliphatic rings. The molecule has 0 atom stereocenters. The second kappa shape index (κ2) is 6.80. The van der Waals surface area contributed by atoms with Crippen LogP contribution in [0.4, 0.5) is 11.9 Å². The molecule has 0 radical (unpaired) electrons. The molecule has 0 fully saturated rings. The van der Waals surface area contributed by atoms with Crippen molar-refractivity contribution in [2.75, 3.05) is 44.4 Å². The van der Waals surface area contributed by atoms with Crippen LogP contribution in [0.25, 0.3) is 5.95 Å². The first kappa shape index (κ1) is 14.2. The van der Waals surface area contributed by atoms with E-state index in [2.05, 4.69) is 49.6 Å². The zero-order valence-electron chi connectivity index (χ0n) is 12.0. The Morgan fingerprint density at radius 3 is 2.70 bits per heavy atom. The molecule has 2 N–H and O–H groups in total. The van der Waals surface area contributed by atoms with E-state index < -0.39 is 0 Å². The molecule has 0 aromatic carbocycles. The monoisotopic (exact) mass is 276 g/mol. The molecule has 2 aromatic heterocycles. The van der Waals surface area contributed by atoms with Crippen molar-refractivity contribution in [3.05, 3.63) is 18.5 Å². The van der Waals surface area contributed by atoms with Crippen LogP contribution in [0, 0.1) is 0 Å². The molecule has 0 spiro atoms. The number of anilines is 2. The van der Waals surface area contributed by atoms with Gasteiger partial charge in [-0.25, -0.2) is 4.68 Å². The van der Waals surface area contributed by atoms with Crippen molar-refractivity contribution >= 4 is 11.9 Å². The molecule has 0 aliphatic heterocycles. The number of nitrogens with zero attached hydrogens (tertiary/aromatic N) is 6.